The van der Waals surface area contributed by atoms with Crippen molar-refractivity contribution in [2.24, 2.45) is 9.98 Å². The van der Waals surface area contributed by atoms with E-state index in [-0.39, 0.29) is 5.84 Å². The summed E-state index contributed by atoms with van der Waals surface area (Å²) in [5.74, 6) is 0.184. The summed E-state index contributed by atoms with van der Waals surface area (Å²) in [5, 5.41) is 17.9. The van der Waals surface area contributed by atoms with Gasteiger partial charge in [0.2, 0.25) is 6.35 Å². The first kappa shape index (κ1) is 8.86. The minimum atomic E-state index is -1.13. The van der Waals surface area contributed by atoms with Crippen molar-refractivity contribution in [2.75, 3.05) is 0 Å². The fourth-order valence-electron chi connectivity index (χ4n) is 1.27. The van der Waals surface area contributed by atoms with Crippen LogP contribution in [0.5, 0.6) is 0 Å². The lowest BCUT2D eigenvalue weighted by Gasteiger charge is -2.01. The lowest BCUT2D eigenvalue weighted by atomic mass is 10.1. The maximum Gasteiger partial charge on any atom is 0.245 e. The molecule has 5 nitrogen and oxygen atoms in total. The smallest absolute Gasteiger partial charge is 0.245 e. The molecule has 1 aromatic carbocycles. The van der Waals surface area contributed by atoms with Crippen LogP contribution in [0, 0.1) is 0 Å². The lowest BCUT2D eigenvalue weighted by molar-refractivity contribution is 0.194. The number of hydrogen-bond donors (Lipinski definition) is 3. The Kier molecular flexibility index (Phi) is 2.26. The molecular formula is C9H9N3O2. The van der Waals surface area contributed by atoms with Gasteiger partial charge in [-0.25, -0.2) is 9.98 Å². The molecule has 1 aliphatic heterocycles. The number of benzene rings is 1. The molecule has 1 heterocycles. The van der Waals surface area contributed by atoms with E-state index in [0.29, 0.717) is 5.71 Å². The van der Waals surface area contributed by atoms with Gasteiger partial charge in [-0.05, 0) is 0 Å². The maximum atomic E-state index is 9.14. The summed E-state index contributed by atoms with van der Waals surface area (Å²) in [7, 11) is 0. The monoisotopic (exact) mass is 191 g/mol. The van der Waals surface area contributed by atoms with E-state index < -0.39 is 6.35 Å². The Morgan fingerprint density at radius 2 is 1.86 bits per heavy atom. The molecule has 0 radical (unpaired) electrons. The quantitative estimate of drug-likeness (QED) is 0.553. The molecule has 0 spiro atoms. The third kappa shape index (κ3) is 1.50. The largest absolute Gasteiger partial charge is 0.354 e. The summed E-state index contributed by atoms with van der Waals surface area (Å²) in [6.07, 6.45) is -1.13. The fourth-order valence-corrected chi connectivity index (χ4v) is 1.27. The van der Waals surface area contributed by atoms with Gasteiger partial charge in [0.1, 0.15) is 5.71 Å². The summed E-state index contributed by atoms with van der Waals surface area (Å²) < 4.78 is 0. The van der Waals surface area contributed by atoms with Crippen molar-refractivity contribution in [3.8, 4) is 0 Å². The molecule has 1 unspecified atom stereocenters. The van der Waals surface area contributed by atoms with E-state index in [2.05, 4.69) is 9.98 Å². The van der Waals surface area contributed by atoms with Crippen LogP contribution in [0.3, 0.4) is 0 Å². The highest BCUT2D eigenvalue weighted by Crippen LogP contribution is 2.09. The third-order valence-corrected chi connectivity index (χ3v) is 1.87. The summed E-state index contributed by atoms with van der Waals surface area (Å²) in [6, 6.07) is 9.21. The van der Waals surface area contributed by atoms with Crippen LogP contribution in [-0.4, -0.2) is 28.2 Å². The van der Waals surface area contributed by atoms with Crippen molar-refractivity contribution in [1.29, 1.82) is 0 Å². The van der Waals surface area contributed by atoms with Crippen LogP contribution in [0.4, 0.5) is 0 Å². The summed E-state index contributed by atoms with van der Waals surface area (Å²) in [6.45, 7) is 0. The molecule has 0 bridgehead atoms. The molecule has 72 valence electrons. The molecule has 0 saturated carbocycles. The molecular weight excluding hydrogens is 182 g/mol. The molecule has 0 saturated heterocycles. The van der Waals surface area contributed by atoms with E-state index in [1.54, 1.807) is 0 Å². The van der Waals surface area contributed by atoms with Crippen LogP contribution in [0.15, 0.2) is 40.3 Å². The van der Waals surface area contributed by atoms with Crippen LogP contribution in [0.1, 0.15) is 5.56 Å². The number of aliphatic hydroxyl groups is 1. The lowest BCUT2D eigenvalue weighted by Crippen LogP contribution is -2.26. The Hall–Kier alpha value is -1.72. The molecule has 1 aromatic rings. The van der Waals surface area contributed by atoms with Gasteiger partial charge < -0.3 is 5.11 Å². The van der Waals surface area contributed by atoms with Gasteiger partial charge in [0, 0.05) is 5.56 Å². The zero-order valence-electron chi connectivity index (χ0n) is 7.25. The summed E-state index contributed by atoms with van der Waals surface area (Å²) in [4.78, 5) is 7.53. The maximum absolute atomic E-state index is 9.14. The Balaban J connectivity index is 2.37. The molecule has 1 aliphatic rings. The molecule has 2 rings (SSSR count). The van der Waals surface area contributed by atoms with Crippen LogP contribution in [0.25, 0.3) is 0 Å². The average Bonchev–Trinajstić information content (AvgIpc) is 2.61. The molecule has 0 amide bonds. The van der Waals surface area contributed by atoms with E-state index >= 15 is 0 Å². The number of rotatable bonds is 1. The second-order valence-corrected chi connectivity index (χ2v) is 2.78. The standard InChI is InChI=1S/C9H9N3O2/c13-9-10-7(8(11-9)12-14)6-4-2-1-3-5-6/h1-5,9,13-14H,(H,11,12). The van der Waals surface area contributed by atoms with Gasteiger partial charge in [0.15, 0.2) is 5.84 Å². The third-order valence-electron chi connectivity index (χ3n) is 1.87. The molecule has 14 heavy (non-hydrogen) atoms. The minimum absolute atomic E-state index is 0.184. The predicted molar refractivity (Wildman–Crippen MR) is 51.3 cm³/mol. The molecule has 0 fully saturated rings. The van der Waals surface area contributed by atoms with E-state index in [1.807, 2.05) is 35.8 Å². The topological polar surface area (TPSA) is 77.2 Å². The molecule has 3 N–H and O–H groups in total. The van der Waals surface area contributed by atoms with Crippen molar-refractivity contribution in [1.82, 2.24) is 5.48 Å². The molecule has 5 heteroatoms. The first-order chi connectivity index (χ1) is 6.81. The first-order valence-corrected chi connectivity index (χ1v) is 4.11. The first-order valence-electron chi connectivity index (χ1n) is 4.11. The summed E-state index contributed by atoms with van der Waals surface area (Å²) >= 11 is 0. The highest BCUT2D eigenvalue weighted by atomic mass is 16.5. The van der Waals surface area contributed by atoms with Gasteiger partial charge in [-0.15, -0.1) is 0 Å². The minimum Gasteiger partial charge on any atom is -0.354 e. The van der Waals surface area contributed by atoms with Crippen molar-refractivity contribution in [3.63, 3.8) is 0 Å². The van der Waals surface area contributed by atoms with Crippen molar-refractivity contribution in [2.45, 2.75) is 6.35 Å². The Labute approximate surface area is 80.4 Å². The van der Waals surface area contributed by atoms with Gasteiger partial charge in [0.25, 0.3) is 0 Å². The zero-order valence-corrected chi connectivity index (χ0v) is 7.25. The Morgan fingerprint density at radius 3 is 2.50 bits per heavy atom. The van der Waals surface area contributed by atoms with Crippen LogP contribution in [0.2, 0.25) is 0 Å². The summed E-state index contributed by atoms with van der Waals surface area (Å²) in [5.41, 5.74) is 3.16. The van der Waals surface area contributed by atoms with Gasteiger partial charge in [-0.3, -0.25) is 10.7 Å². The highest BCUT2D eigenvalue weighted by molar-refractivity contribution is 6.48. The fraction of sp³-hybridized carbons (Fsp3) is 0.111. The second kappa shape index (κ2) is 3.57. The number of hydroxylamine groups is 1. The molecule has 0 aromatic heterocycles. The van der Waals surface area contributed by atoms with Crippen molar-refractivity contribution >= 4 is 11.5 Å². The zero-order chi connectivity index (χ0) is 9.97. The Bertz CT molecular complexity index is 386. The number of amidine groups is 1. The Morgan fingerprint density at radius 1 is 1.14 bits per heavy atom. The van der Waals surface area contributed by atoms with E-state index in [9.17, 15) is 0 Å². The van der Waals surface area contributed by atoms with Gasteiger partial charge in [-0.1, -0.05) is 30.3 Å². The van der Waals surface area contributed by atoms with Crippen LogP contribution < -0.4 is 5.48 Å². The van der Waals surface area contributed by atoms with E-state index in [1.165, 1.54) is 0 Å². The normalized spacial score (nSPS) is 20.3. The predicted octanol–water partition coefficient (Wildman–Crippen LogP) is 0.142. The number of nitrogens with one attached hydrogen (secondary N) is 1. The van der Waals surface area contributed by atoms with Gasteiger partial charge in [-0.2, -0.15) is 0 Å². The van der Waals surface area contributed by atoms with Gasteiger partial charge >= 0.3 is 0 Å². The number of hydrogen-bond acceptors (Lipinski definition) is 5. The van der Waals surface area contributed by atoms with Crippen molar-refractivity contribution < 1.29 is 10.3 Å². The van der Waals surface area contributed by atoms with Gasteiger partial charge in [0.05, 0.1) is 0 Å². The van der Waals surface area contributed by atoms with Crippen molar-refractivity contribution in [3.05, 3.63) is 35.9 Å². The molecule has 0 aliphatic carbocycles. The van der Waals surface area contributed by atoms with Crippen LogP contribution in [-0.2, 0) is 0 Å². The van der Waals surface area contributed by atoms with E-state index in [4.69, 9.17) is 10.3 Å². The number of aliphatic imine (C=N–C) groups is 2. The molecule has 1 atom stereocenters. The second-order valence-electron chi connectivity index (χ2n) is 2.78. The van der Waals surface area contributed by atoms with Crippen LogP contribution >= 0.6 is 0 Å². The van der Waals surface area contributed by atoms with E-state index in [0.717, 1.165) is 5.56 Å². The highest BCUT2D eigenvalue weighted by Gasteiger charge is 2.19. The SMILES string of the molecule is ONC1=NC(O)N=C1c1ccccc1. The number of nitrogens with zero attached hydrogens (tertiary/aromatic N) is 2. The number of aliphatic hydroxyl groups excluding tert-OH is 1. The average molecular weight is 191 g/mol.